The summed E-state index contributed by atoms with van der Waals surface area (Å²) in [5, 5.41) is 9.14. The van der Waals surface area contributed by atoms with Crippen LogP contribution in [0.1, 0.15) is 44.4 Å². The van der Waals surface area contributed by atoms with Crippen LogP contribution < -0.4 is 4.74 Å². The summed E-state index contributed by atoms with van der Waals surface area (Å²) in [4.78, 5) is 15.7. The number of esters is 1. The molecule has 1 atom stereocenters. The van der Waals surface area contributed by atoms with E-state index in [2.05, 4.69) is 30.5 Å². The van der Waals surface area contributed by atoms with Crippen molar-refractivity contribution in [3.8, 4) is 5.75 Å². The number of rotatable bonds is 10. The van der Waals surface area contributed by atoms with Crippen LogP contribution in [0.4, 0.5) is 0 Å². The zero-order chi connectivity index (χ0) is 26.3. The highest BCUT2D eigenvalue weighted by molar-refractivity contribution is 7.89. The predicted molar refractivity (Wildman–Crippen MR) is 136 cm³/mol. The summed E-state index contributed by atoms with van der Waals surface area (Å²) in [6, 6.07) is 17.9. The van der Waals surface area contributed by atoms with Gasteiger partial charge in [0.25, 0.3) is 0 Å². The Morgan fingerprint density at radius 1 is 1.03 bits per heavy atom. The molecule has 36 heavy (non-hydrogen) atoms. The number of nitrogens with zero attached hydrogens (tertiary/aromatic N) is 2. The van der Waals surface area contributed by atoms with Crippen LogP contribution in [-0.2, 0) is 38.1 Å². The third-order valence-corrected chi connectivity index (χ3v) is 7.14. The highest BCUT2D eigenvalue weighted by atomic mass is 32.2. The predicted octanol–water partition coefficient (Wildman–Crippen LogP) is 4.03. The van der Waals surface area contributed by atoms with Crippen molar-refractivity contribution in [2.75, 3.05) is 6.61 Å². The van der Waals surface area contributed by atoms with E-state index in [0.29, 0.717) is 11.3 Å². The third-order valence-electron chi connectivity index (χ3n) is 5.37. The van der Waals surface area contributed by atoms with Gasteiger partial charge in [-0.05, 0) is 53.3 Å². The second-order valence-electron chi connectivity index (χ2n) is 9.43. The number of aliphatic hydroxyl groups excluding tert-OH is 1. The van der Waals surface area contributed by atoms with Crippen LogP contribution in [0.5, 0.6) is 5.75 Å². The van der Waals surface area contributed by atoms with Crippen LogP contribution in [0.15, 0.2) is 78.0 Å². The number of ether oxygens (including phenoxy) is 2. The van der Waals surface area contributed by atoms with Crippen molar-refractivity contribution in [1.29, 1.82) is 0 Å². The highest BCUT2D eigenvalue weighted by Gasteiger charge is 2.26. The molecule has 192 valence electrons. The number of hydrogen-bond donors (Lipinski definition) is 1. The van der Waals surface area contributed by atoms with E-state index in [1.165, 1.54) is 29.7 Å². The molecule has 2 aromatic carbocycles. The quantitative estimate of drug-likeness (QED) is 0.323. The van der Waals surface area contributed by atoms with E-state index >= 15 is 0 Å². The van der Waals surface area contributed by atoms with Crippen LogP contribution in [0.25, 0.3) is 0 Å². The Bertz CT molecular complexity index is 1250. The van der Waals surface area contributed by atoms with Gasteiger partial charge >= 0.3 is 5.97 Å². The molecule has 0 bridgehead atoms. The van der Waals surface area contributed by atoms with Gasteiger partial charge in [-0.2, -0.15) is 4.31 Å². The van der Waals surface area contributed by atoms with Gasteiger partial charge in [0.1, 0.15) is 10.6 Å². The fourth-order valence-electron chi connectivity index (χ4n) is 3.49. The average Bonchev–Trinajstić information content (AvgIpc) is 2.82. The molecule has 9 heteroatoms. The van der Waals surface area contributed by atoms with E-state index in [-0.39, 0.29) is 30.0 Å². The number of carbonyl (C=O) groups is 1. The van der Waals surface area contributed by atoms with Crippen molar-refractivity contribution < 1.29 is 27.8 Å². The molecule has 0 saturated heterocycles. The second kappa shape index (κ2) is 11.6. The summed E-state index contributed by atoms with van der Waals surface area (Å²) >= 11 is 0. The summed E-state index contributed by atoms with van der Waals surface area (Å²) < 4.78 is 38.6. The number of sulfonamides is 1. The molecule has 0 saturated carbocycles. The summed E-state index contributed by atoms with van der Waals surface area (Å²) in [7, 11) is -3.86. The van der Waals surface area contributed by atoms with Crippen LogP contribution in [0, 0.1) is 0 Å². The van der Waals surface area contributed by atoms with Gasteiger partial charge in [-0.25, -0.2) is 13.2 Å². The first-order valence-corrected chi connectivity index (χ1v) is 13.0. The first-order valence-electron chi connectivity index (χ1n) is 11.5. The molecule has 1 heterocycles. The average molecular weight is 513 g/mol. The maximum absolute atomic E-state index is 13.5. The molecule has 3 rings (SSSR count). The molecular weight excluding hydrogens is 480 g/mol. The minimum Gasteiger partial charge on any atom is -0.482 e. The lowest BCUT2D eigenvalue weighted by molar-refractivity contribution is -0.167. The molecule has 0 aliphatic carbocycles. The molecule has 0 aliphatic rings. The van der Waals surface area contributed by atoms with Gasteiger partial charge in [-0.15, -0.1) is 0 Å². The van der Waals surface area contributed by atoms with Gasteiger partial charge in [-0.3, -0.25) is 4.98 Å². The summed E-state index contributed by atoms with van der Waals surface area (Å²) in [6.07, 6.45) is 1.63. The lowest BCUT2D eigenvalue weighted by Gasteiger charge is -2.24. The van der Waals surface area contributed by atoms with Gasteiger partial charge in [0, 0.05) is 25.5 Å². The molecule has 0 fully saturated rings. The Morgan fingerprint density at radius 2 is 1.72 bits per heavy atom. The SMILES string of the molecule is CC(O)OC(=O)COc1cccc(CN(Cc2ccc(C(C)(C)C)cc2)S(=O)(=O)c2cccnc2)c1. The number of aromatic nitrogens is 1. The number of carbonyl (C=O) groups excluding carboxylic acids is 1. The second-order valence-corrected chi connectivity index (χ2v) is 11.4. The first-order chi connectivity index (χ1) is 16.9. The van der Waals surface area contributed by atoms with E-state index in [1.807, 2.05) is 24.3 Å². The lowest BCUT2D eigenvalue weighted by atomic mass is 9.87. The molecular formula is C27H32N2O6S. The van der Waals surface area contributed by atoms with E-state index in [4.69, 9.17) is 9.84 Å². The van der Waals surface area contributed by atoms with Crippen LogP contribution in [-0.4, -0.2) is 41.7 Å². The molecule has 1 N–H and O–H groups in total. The molecule has 0 spiro atoms. The van der Waals surface area contributed by atoms with Gasteiger partial charge in [0.2, 0.25) is 10.0 Å². The Hall–Kier alpha value is -3.27. The van der Waals surface area contributed by atoms with Crippen LogP contribution in [0.2, 0.25) is 0 Å². The fraction of sp³-hybridized carbons (Fsp3) is 0.333. The third kappa shape index (κ3) is 7.61. The van der Waals surface area contributed by atoms with Crippen molar-refractivity contribution in [3.63, 3.8) is 0 Å². The number of hydrogen-bond acceptors (Lipinski definition) is 7. The molecule has 0 amide bonds. The van der Waals surface area contributed by atoms with Crippen molar-refractivity contribution in [1.82, 2.24) is 9.29 Å². The maximum atomic E-state index is 13.5. The topological polar surface area (TPSA) is 106 Å². The van der Waals surface area contributed by atoms with Crippen molar-refractivity contribution >= 4 is 16.0 Å². The highest BCUT2D eigenvalue weighted by Crippen LogP contribution is 2.25. The standard InChI is InChI=1S/C27H32N2O6S/c1-20(30)35-26(31)19-34-24-8-5-7-22(15-24)18-29(36(32,33)25-9-6-14-28-16-25)17-21-10-12-23(13-11-21)27(2,3)4/h5-16,20,30H,17-19H2,1-4H3. The Labute approximate surface area is 212 Å². The van der Waals surface area contributed by atoms with E-state index in [9.17, 15) is 13.2 Å². The Kier molecular flexibility index (Phi) is 8.84. The summed E-state index contributed by atoms with van der Waals surface area (Å²) in [6.45, 7) is 7.56. The maximum Gasteiger partial charge on any atom is 0.346 e. The summed E-state index contributed by atoms with van der Waals surface area (Å²) in [5.41, 5.74) is 2.67. The summed E-state index contributed by atoms with van der Waals surface area (Å²) in [5.74, 6) is -0.335. The molecule has 0 aliphatic heterocycles. The van der Waals surface area contributed by atoms with E-state index < -0.39 is 22.3 Å². The minimum absolute atomic E-state index is 0.0118. The van der Waals surface area contributed by atoms with E-state index in [0.717, 1.165) is 11.1 Å². The first kappa shape index (κ1) is 27.3. The normalized spacial score (nSPS) is 12.8. The fourth-order valence-corrected chi connectivity index (χ4v) is 4.87. The molecule has 1 aromatic heterocycles. The molecule has 3 aromatic rings. The Morgan fingerprint density at radius 3 is 2.33 bits per heavy atom. The van der Waals surface area contributed by atoms with Gasteiger partial charge in [0.15, 0.2) is 12.9 Å². The molecule has 0 radical (unpaired) electrons. The smallest absolute Gasteiger partial charge is 0.346 e. The largest absolute Gasteiger partial charge is 0.482 e. The van der Waals surface area contributed by atoms with Crippen LogP contribution >= 0.6 is 0 Å². The minimum atomic E-state index is -3.86. The van der Waals surface area contributed by atoms with Gasteiger partial charge in [0.05, 0.1) is 0 Å². The zero-order valence-electron chi connectivity index (χ0n) is 20.9. The van der Waals surface area contributed by atoms with Crippen molar-refractivity contribution in [3.05, 3.63) is 89.7 Å². The monoisotopic (exact) mass is 512 g/mol. The van der Waals surface area contributed by atoms with Gasteiger partial charge < -0.3 is 14.6 Å². The van der Waals surface area contributed by atoms with Crippen molar-refractivity contribution in [2.24, 2.45) is 0 Å². The molecule has 1 unspecified atom stereocenters. The van der Waals surface area contributed by atoms with E-state index in [1.54, 1.807) is 30.3 Å². The Balaban J connectivity index is 1.85. The van der Waals surface area contributed by atoms with Crippen LogP contribution in [0.3, 0.4) is 0 Å². The number of pyridine rings is 1. The number of benzene rings is 2. The molecule has 8 nitrogen and oxygen atoms in total. The van der Waals surface area contributed by atoms with Gasteiger partial charge in [-0.1, -0.05) is 57.2 Å². The zero-order valence-corrected chi connectivity index (χ0v) is 21.7. The number of aliphatic hydroxyl groups is 1. The van der Waals surface area contributed by atoms with Crippen molar-refractivity contribution in [2.45, 2.75) is 57.4 Å². The lowest BCUT2D eigenvalue weighted by Crippen LogP contribution is -2.30.